The quantitative estimate of drug-likeness (QED) is 0.846. The average molecular weight is 279 g/mol. The number of benzene rings is 1. The van der Waals surface area contributed by atoms with Crippen molar-refractivity contribution in [3.8, 4) is 6.07 Å². The fourth-order valence-corrected chi connectivity index (χ4v) is 2.47. The van der Waals surface area contributed by atoms with Gasteiger partial charge < -0.3 is 4.90 Å². The van der Waals surface area contributed by atoms with Gasteiger partial charge in [0.25, 0.3) is 0 Å². The minimum atomic E-state index is -0.208. The molecule has 2 heterocycles. The number of hydrogen-bond acceptors (Lipinski definition) is 3. The number of halogens is 1. The summed E-state index contributed by atoms with van der Waals surface area (Å²) in [6.45, 7) is 1.68. The Hall–Kier alpha value is -2.67. The molecule has 4 heteroatoms. The van der Waals surface area contributed by atoms with Gasteiger partial charge in [-0.25, -0.2) is 9.37 Å². The van der Waals surface area contributed by atoms with Crippen molar-refractivity contribution in [3.05, 3.63) is 65.7 Å². The molecule has 0 saturated heterocycles. The van der Waals surface area contributed by atoms with Crippen molar-refractivity contribution < 1.29 is 4.39 Å². The van der Waals surface area contributed by atoms with Crippen LogP contribution in [-0.4, -0.2) is 18.1 Å². The van der Waals surface area contributed by atoms with Gasteiger partial charge in [-0.3, -0.25) is 0 Å². The molecule has 0 atom stereocenters. The van der Waals surface area contributed by atoms with E-state index in [0.29, 0.717) is 5.69 Å². The highest BCUT2D eigenvalue weighted by Crippen LogP contribution is 2.25. The van der Waals surface area contributed by atoms with Crippen LogP contribution >= 0.6 is 0 Å². The van der Waals surface area contributed by atoms with Crippen LogP contribution in [0.15, 0.2) is 48.7 Å². The highest BCUT2D eigenvalue weighted by Gasteiger charge is 2.13. The van der Waals surface area contributed by atoms with Gasteiger partial charge in [-0.2, -0.15) is 5.26 Å². The molecule has 0 amide bonds. The van der Waals surface area contributed by atoms with Gasteiger partial charge in [0.2, 0.25) is 0 Å². The van der Waals surface area contributed by atoms with Crippen molar-refractivity contribution in [1.82, 2.24) is 4.98 Å². The SMILES string of the molecule is N#Cc1ccc(N2CC=C(c3ccc(F)cc3)CC2)cn1. The van der Waals surface area contributed by atoms with Gasteiger partial charge in [-0.05, 0) is 41.8 Å². The first kappa shape index (κ1) is 13.3. The van der Waals surface area contributed by atoms with E-state index in [1.165, 1.54) is 17.7 Å². The summed E-state index contributed by atoms with van der Waals surface area (Å²) in [6, 6.07) is 12.3. The first-order chi connectivity index (χ1) is 10.3. The van der Waals surface area contributed by atoms with Gasteiger partial charge in [0.1, 0.15) is 17.6 Å². The zero-order valence-electron chi connectivity index (χ0n) is 11.5. The van der Waals surface area contributed by atoms with Crippen molar-refractivity contribution in [2.24, 2.45) is 0 Å². The maximum absolute atomic E-state index is 12.9. The molecule has 2 aromatic rings. The molecule has 3 nitrogen and oxygen atoms in total. The highest BCUT2D eigenvalue weighted by molar-refractivity contribution is 5.68. The smallest absolute Gasteiger partial charge is 0.140 e. The van der Waals surface area contributed by atoms with Crippen LogP contribution < -0.4 is 4.90 Å². The Morgan fingerprint density at radius 3 is 2.52 bits per heavy atom. The third-order valence-electron chi connectivity index (χ3n) is 3.65. The fourth-order valence-electron chi connectivity index (χ4n) is 2.47. The van der Waals surface area contributed by atoms with E-state index in [9.17, 15) is 4.39 Å². The fraction of sp³-hybridized carbons (Fsp3) is 0.176. The molecule has 1 aromatic carbocycles. The lowest BCUT2D eigenvalue weighted by Crippen LogP contribution is -2.28. The molecule has 0 saturated carbocycles. The number of hydrogen-bond donors (Lipinski definition) is 0. The van der Waals surface area contributed by atoms with E-state index in [1.54, 1.807) is 12.3 Å². The number of rotatable bonds is 2. The van der Waals surface area contributed by atoms with Gasteiger partial charge in [0, 0.05) is 13.1 Å². The second-order valence-corrected chi connectivity index (χ2v) is 4.95. The topological polar surface area (TPSA) is 39.9 Å². The van der Waals surface area contributed by atoms with Crippen LogP contribution in [0, 0.1) is 17.1 Å². The summed E-state index contributed by atoms with van der Waals surface area (Å²) in [7, 11) is 0. The molecule has 0 unspecified atom stereocenters. The summed E-state index contributed by atoms with van der Waals surface area (Å²) in [5, 5.41) is 8.76. The molecule has 1 aliphatic rings. The summed E-state index contributed by atoms with van der Waals surface area (Å²) in [4.78, 5) is 6.30. The van der Waals surface area contributed by atoms with E-state index in [-0.39, 0.29) is 5.82 Å². The third kappa shape index (κ3) is 2.92. The number of pyridine rings is 1. The maximum atomic E-state index is 12.9. The Morgan fingerprint density at radius 1 is 1.14 bits per heavy atom. The lowest BCUT2D eigenvalue weighted by molar-refractivity contribution is 0.627. The van der Waals surface area contributed by atoms with Crippen LogP contribution in [0.4, 0.5) is 10.1 Å². The summed E-state index contributed by atoms with van der Waals surface area (Å²) < 4.78 is 12.9. The summed E-state index contributed by atoms with van der Waals surface area (Å²) in [6.07, 6.45) is 4.80. The molecular formula is C17H14FN3. The van der Waals surface area contributed by atoms with E-state index in [2.05, 4.69) is 16.0 Å². The standard InChI is InChI=1S/C17H14FN3/c18-15-3-1-13(2-4-15)14-7-9-21(10-8-14)17-6-5-16(11-19)20-12-17/h1-7,12H,8-10H2. The van der Waals surface area contributed by atoms with Crippen molar-refractivity contribution >= 4 is 11.3 Å². The Labute approximate surface area is 123 Å². The molecule has 0 spiro atoms. The van der Waals surface area contributed by atoms with Gasteiger partial charge in [0.05, 0.1) is 11.9 Å². The minimum absolute atomic E-state index is 0.208. The Bertz CT molecular complexity index is 696. The molecule has 21 heavy (non-hydrogen) atoms. The Kier molecular flexibility index (Phi) is 3.65. The van der Waals surface area contributed by atoms with E-state index in [0.717, 1.165) is 30.8 Å². The molecule has 0 bridgehead atoms. The summed E-state index contributed by atoms with van der Waals surface area (Å²) in [5.74, 6) is -0.208. The van der Waals surface area contributed by atoms with Crippen molar-refractivity contribution in [2.45, 2.75) is 6.42 Å². The molecule has 0 N–H and O–H groups in total. The molecule has 1 aliphatic heterocycles. The largest absolute Gasteiger partial charge is 0.366 e. The third-order valence-corrected chi connectivity index (χ3v) is 3.65. The first-order valence-electron chi connectivity index (χ1n) is 6.82. The van der Waals surface area contributed by atoms with E-state index in [4.69, 9.17) is 5.26 Å². The minimum Gasteiger partial charge on any atom is -0.366 e. The molecule has 0 aliphatic carbocycles. The summed E-state index contributed by atoms with van der Waals surface area (Å²) >= 11 is 0. The van der Waals surface area contributed by atoms with Crippen LogP contribution in [-0.2, 0) is 0 Å². The lowest BCUT2D eigenvalue weighted by Gasteiger charge is -2.28. The average Bonchev–Trinajstić information content (AvgIpc) is 2.56. The van der Waals surface area contributed by atoms with Gasteiger partial charge >= 0.3 is 0 Å². The van der Waals surface area contributed by atoms with Gasteiger partial charge in [-0.15, -0.1) is 0 Å². The second kappa shape index (κ2) is 5.76. The molecular weight excluding hydrogens is 265 g/mol. The molecule has 1 aromatic heterocycles. The van der Waals surface area contributed by atoms with Crippen molar-refractivity contribution in [1.29, 1.82) is 5.26 Å². The second-order valence-electron chi connectivity index (χ2n) is 4.95. The normalized spacial score (nSPS) is 14.5. The Balaban J connectivity index is 1.73. The van der Waals surface area contributed by atoms with Crippen molar-refractivity contribution in [3.63, 3.8) is 0 Å². The molecule has 0 radical (unpaired) electrons. The number of nitriles is 1. The van der Waals surface area contributed by atoms with Crippen molar-refractivity contribution in [2.75, 3.05) is 18.0 Å². The highest BCUT2D eigenvalue weighted by atomic mass is 19.1. The van der Waals surface area contributed by atoms with Gasteiger partial charge in [0.15, 0.2) is 0 Å². The number of nitrogens with zero attached hydrogens (tertiary/aromatic N) is 3. The van der Waals surface area contributed by atoms with Gasteiger partial charge in [-0.1, -0.05) is 18.2 Å². The number of aromatic nitrogens is 1. The van der Waals surface area contributed by atoms with Crippen LogP contribution in [0.5, 0.6) is 0 Å². The monoisotopic (exact) mass is 279 g/mol. The first-order valence-corrected chi connectivity index (χ1v) is 6.82. The van der Waals surface area contributed by atoms with E-state index in [1.807, 2.05) is 24.3 Å². The van der Waals surface area contributed by atoms with Crippen LogP contribution in [0.3, 0.4) is 0 Å². The Morgan fingerprint density at radius 2 is 1.95 bits per heavy atom. The lowest BCUT2D eigenvalue weighted by atomic mass is 9.99. The molecule has 3 rings (SSSR count). The van der Waals surface area contributed by atoms with Crippen LogP contribution in [0.1, 0.15) is 17.7 Å². The van der Waals surface area contributed by atoms with Crippen LogP contribution in [0.2, 0.25) is 0 Å². The zero-order chi connectivity index (χ0) is 14.7. The molecule has 0 fully saturated rings. The summed E-state index contributed by atoms with van der Waals surface area (Å²) in [5.41, 5.74) is 3.77. The van der Waals surface area contributed by atoms with E-state index >= 15 is 0 Å². The predicted octanol–water partition coefficient (Wildman–Crippen LogP) is 3.39. The predicted molar refractivity (Wildman–Crippen MR) is 80.2 cm³/mol. The zero-order valence-corrected chi connectivity index (χ0v) is 11.5. The van der Waals surface area contributed by atoms with Crippen LogP contribution in [0.25, 0.3) is 5.57 Å². The maximum Gasteiger partial charge on any atom is 0.140 e. The number of anilines is 1. The van der Waals surface area contributed by atoms with E-state index < -0.39 is 0 Å². The molecule has 104 valence electrons.